The van der Waals surface area contributed by atoms with Gasteiger partial charge in [0.15, 0.2) is 23.0 Å². The largest absolute Gasteiger partial charge is 0.565 e. The Morgan fingerprint density at radius 3 is 2.33 bits per heavy atom. The van der Waals surface area contributed by atoms with Gasteiger partial charge in [-0.3, -0.25) is 4.90 Å². The van der Waals surface area contributed by atoms with E-state index in [9.17, 15) is 12.8 Å². The van der Waals surface area contributed by atoms with Crippen molar-refractivity contribution in [1.82, 2.24) is 4.90 Å². The van der Waals surface area contributed by atoms with E-state index in [1.807, 2.05) is 18.2 Å². The quantitative estimate of drug-likeness (QED) is 0.183. The molecule has 0 aliphatic carbocycles. The highest BCUT2D eigenvalue weighted by Crippen LogP contribution is 2.46. The number of hydrogen-bond donors (Lipinski definition) is 1. The first-order valence-electron chi connectivity index (χ1n) is 11.9. The predicted octanol–water partition coefficient (Wildman–Crippen LogP) is 4.01. The van der Waals surface area contributed by atoms with E-state index in [-0.39, 0.29) is 18.1 Å². The van der Waals surface area contributed by atoms with Crippen LogP contribution in [0, 0.1) is 5.82 Å². The van der Waals surface area contributed by atoms with E-state index in [0.29, 0.717) is 30.2 Å². The fourth-order valence-electron chi connectivity index (χ4n) is 4.96. The van der Waals surface area contributed by atoms with Crippen LogP contribution < -0.4 is 23.3 Å². The predicted molar refractivity (Wildman–Crippen MR) is 141 cm³/mol. The molecular weight excluding hydrogens is 568 g/mol. The smallest absolute Gasteiger partial charge is 0.521 e. The zero-order valence-electron chi connectivity index (χ0n) is 21.8. The summed E-state index contributed by atoms with van der Waals surface area (Å²) in [5.74, 6) is 1.19. The molecule has 216 valence electrons. The van der Waals surface area contributed by atoms with Gasteiger partial charge in [0.25, 0.3) is 0 Å². The third-order valence-corrected chi connectivity index (χ3v) is 8.12. The van der Waals surface area contributed by atoms with Crippen LogP contribution >= 0.6 is 8.25 Å². The van der Waals surface area contributed by atoms with Crippen molar-refractivity contribution >= 4 is 18.4 Å². The minimum Gasteiger partial charge on any atom is -0.565 e. The number of ether oxygens (including phenoxy) is 3. The maximum absolute atomic E-state index is 13.7. The van der Waals surface area contributed by atoms with Gasteiger partial charge in [-0.05, 0) is 70.5 Å². The van der Waals surface area contributed by atoms with Crippen LogP contribution in [0.15, 0.2) is 53.4 Å². The topological polar surface area (TPSA) is 144 Å². The molecule has 0 radical (unpaired) electrons. The van der Waals surface area contributed by atoms with Crippen LogP contribution in [0.2, 0.25) is 0 Å². The zero-order chi connectivity index (χ0) is 29.0. The standard InChI is InChI=1S/C26H26FNO6S.HO4P.H2/c1-31-23-8-7-16-11-22-20-14-25(33-3)24(32-2)12-17(20)9-10-28(22)15-21(16)26(23)34-35(29,30)19-6-4-5-18(27)13-19;1-4-5(2)3;/h4-8,12-14,22H,9-11,15H2,1-3H3;1H;1H. The summed E-state index contributed by atoms with van der Waals surface area (Å²) in [4.78, 5) is 11.0. The Balaban J connectivity index is 0.000000711. The highest BCUT2D eigenvalue weighted by molar-refractivity contribution is 7.87. The van der Waals surface area contributed by atoms with E-state index in [2.05, 4.69) is 9.57 Å². The third kappa shape index (κ3) is 6.20. The summed E-state index contributed by atoms with van der Waals surface area (Å²) >= 11 is 0. The van der Waals surface area contributed by atoms with E-state index in [0.717, 1.165) is 30.2 Å². The van der Waals surface area contributed by atoms with Gasteiger partial charge in [0.1, 0.15) is 10.7 Å². The van der Waals surface area contributed by atoms with Gasteiger partial charge in [0.2, 0.25) is 0 Å². The van der Waals surface area contributed by atoms with E-state index in [1.165, 1.54) is 36.4 Å². The summed E-state index contributed by atoms with van der Waals surface area (Å²) in [6, 6.07) is 12.6. The van der Waals surface area contributed by atoms with Gasteiger partial charge in [0.05, 0.1) is 21.3 Å². The maximum atomic E-state index is 13.7. The number of rotatable bonds is 7. The lowest BCUT2D eigenvalue weighted by Gasteiger charge is -2.42. The van der Waals surface area contributed by atoms with E-state index in [1.54, 1.807) is 20.3 Å². The van der Waals surface area contributed by atoms with Crippen molar-refractivity contribution < 1.29 is 52.0 Å². The molecule has 14 heteroatoms. The van der Waals surface area contributed by atoms with Crippen molar-refractivity contribution in [3.8, 4) is 23.0 Å². The molecule has 3 aromatic rings. The molecule has 0 fully saturated rings. The average molecular weight is 598 g/mol. The molecule has 40 heavy (non-hydrogen) atoms. The molecule has 3 aromatic carbocycles. The fourth-order valence-corrected chi connectivity index (χ4v) is 5.96. The number of halogens is 1. The Morgan fingerprint density at radius 2 is 1.70 bits per heavy atom. The van der Waals surface area contributed by atoms with Crippen molar-refractivity contribution in [3.05, 3.63) is 76.6 Å². The minimum atomic E-state index is -4.27. The number of methoxy groups -OCH3 is 3. The minimum absolute atomic E-state index is 0. The Bertz CT molecular complexity index is 1520. The average Bonchev–Trinajstić information content (AvgIpc) is 2.95. The zero-order valence-corrected chi connectivity index (χ0v) is 23.5. The molecule has 2 aliphatic rings. The molecule has 1 N–H and O–H groups in total. The van der Waals surface area contributed by atoms with Crippen LogP contribution in [0.5, 0.6) is 23.0 Å². The highest BCUT2D eigenvalue weighted by atomic mass is 32.2. The lowest BCUT2D eigenvalue weighted by molar-refractivity contribution is -0.244. The third-order valence-electron chi connectivity index (χ3n) is 6.77. The van der Waals surface area contributed by atoms with Crippen molar-refractivity contribution in [2.24, 2.45) is 0 Å². The molecule has 2 unspecified atom stereocenters. The molecule has 5 rings (SSSR count). The molecule has 2 heterocycles. The molecule has 0 saturated heterocycles. The SMILES string of the molecule is COc1cc2c(cc1OC)C1Cc3ccc(OC)c(OS(=O)(=O)c4cccc(F)c4)c3CN1CC2.O=[P+]([O-])OO.[HH]. The van der Waals surface area contributed by atoms with Gasteiger partial charge in [-0.15, -0.1) is 0 Å². The van der Waals surface area contributed by atoms with Crippen molar-refractivity contribution in [2.75, 3.05) is 27.9 Å². The normalized spacial score (nSPS) is 16.4. The van der Waals surface area contributed by atoms with Gasteiger partial charge >= 0.3 is 18.4 Å². The molecule has 0 aromatic heterocycles. The fraction of sp³-hybridized carbons (Fsp3) is 0.308. The monoisotopic (exact) mass is 597 g/mol. The van der Waals surface area contributed by atoms with Crippen LogP contribution in [0.25, 0.3) is 0 Å². The Kier molecular flexibility index (Phi) is 9.24. The number of fused-ring (bicyclic) bond motifs is 4. The molecule has 0 spiro atoms. The second kappa shape index (κ2) is 12.5. The second-order valence-corrected chi connectivity index (χ2v) is 11.0. The first-order chi connectivity index (χ1) is 19.1. The number of nitrogens with zero attached hydrogens (tertiary/aromatic N) is 1. The number of benzene rings is 3. The summed E-state index contributed by atoms with van der Waals surface area (Å²) in [7, 11) is -2.60. The summed E-state index contributed by atoms with van der Waals surface area (Å²) in [5, 5.41) is 7.05. The van der Waals surface area contributed by atoms with E-state index < -0.39 is 24.2 Å². The summed E-state index contributed by atoms with van der Waals surface area (Å²) in [6.07, 6.45) is 1.49. The van der Waals surface area contributed by atoms with Crippen LogP contribution in [-0.2, 0) is 38.7 Å². The maximum Gasteiger partial charge on any atom is 0.521 e. The van der Waals surface area contributed by atoms with E-state index in [4.69, 9.17) is 33.1 Å². The summed E-state index contributed by atoms with van der Waals surface area (Å²) in [5.41, 5.74) is 4.11. The van der Waals surface area contributed by atoms with E-state index >= 15 is 0 Å². The summed E-state index contributed by atoms with van der Waals surface area (Å²) in [6.45, 7) is 1.28. The molecule has 0 bridgehead atoms. The lowest BCUT2D eigenvalue weighted by Crippen LogP contribution is -2.39. The molecule has 2 aliphatic heterocycles. The Hall–Kier alpha value is -3.32. The molecule has 0 saturated carbocycles. The first-order valence-corrected chi connectivity index (χ1v) is 14.5. The molecule has 11 nitrogen and oxygen atoms in total. The van der Waals surface area contributed by atoms with Crippen LogP contribution in [0.3, 0.4) is 0 Å². The molecule has 2 atom stereocenters. The van der Waals surface area contributed by atoms with Gasteiger partial charge in [0, 0.05) is 30.8 Å². The van der Waals surface area contributed by atoms with Crippen molar-refractivity contribution in [3.63, 3.8) is 0 Å². The van der Waals surface area contributed by atoms with Gasteiger partial charge in [-0.2, -0.15) is 8.42 Å². The highest BCUT2D eigenvalue weighted by Gasteiger charge is 2.36. The lowest BCUT2D eigenvalue weighted by atomic mass is 9.83. The first kappa shape index (κ1) is 29.7. The Morgan fingerprint density at radius 1 is 1.02 bits per heavy atom. The van der Waals surface area contributed by atoms with Gasteiger partial charge < -0.3 is 23.3 Å². The second-order valence-electron chi connectivity index (χ2n) is 8.88. The number of hydrogen-bond acceptors (Lipinski definition) is 11. The van der Waals surface area contributed by atoms with Crippen molar-refractivity contribution in [2.45, 2.75) is 30.3 Å². The summed E-state index contributed by atoms with van der Waals surface area (Å²) < 4.78 is 73.4. The van der Waals surface area contributed by atoms with Crippen molar-refractivity contribution in [1.29, 1.82) is 0 Å². The molecule has 0 amide bonds. The van der Waals surface area contributed by atoms with Crippen LogP contribution in [-0.4, -0.2) is 46.4 Å². The van der Waals surface area contributed by atoms with Crippen LogP contribution in [0.1, 0.15) is 29.7 Å². The van der Waals surface area contributed by atoms with Gasteiger partial charge in [-0.1, -0.05) is 12.1 Å². The van der Waals surface area contributed by atoms with Gasteiger partial charge in [-0.25, -0.2) is 9.65 Å². The molecular formula is C26H29FNO10PS. The Labute approximate surface area is 233 Å². The van der Waals surface area contributed by atoms with Crippen LogP contribution in [0.4, 0.5) is 4.39 Å².